The molecule has 1 aliphatic carbocycles. The van der Waals surface area contributed by atoms with Gasteiger partial charge < -0.3 is 15.7 Å². The molecule has 1 atom stereocenters. The van der Waals surface area contributed by atoms with Gasteiger partial charge in [0.15, 0.2) is 0 Å². The van der Waals surface area contributed by atoms with Crippen molar-refractivity contribution in [2.75, 3.05) is 0 Å². The van der Waals surface area contributed by atoms with E-state index in [-0.39, 0.29) is 18.2 Å². The standard InChI is InChI=1S/C15H20N2O4S/c1-10(18)16-11(12-5-4-8-22-12)9-13(19)17-15(14(20)21)6-2-3-7-15/h4-5,8,11H,2-3,6-7,9H2,1H3,(H,16,18)(H,17,19)(H,20,21). The minimum Gasteiger partial charge on any atom is -0.480 e. The van der Waals surface area contributed by atoms with Crippen LogP contribution in [0.1, 0.15) is 49.9 Å². The SMILES string of the molecule is CC(=O)NC(CC(=O)NC1(C(=O)O)CCCC1)c1cccs1. The van der Waals surface area contributed by atoms with Crippen LogP contribution >= 0.6 is 11.3 Å². The summed E-state index contributed by atoms with van der Waals surface area (Å²) >= 11 is 1.45. The Morgan fingerprint density at radius 1 is 1.36 bits per heavy atom. The van der Waals surface area contributed by atoms with Gasteiger partial charge in [0, 0.05) is 11.8 Å². The topological polar surface area (TPSA) is 95.5 Å². The molecule has 2 amide bonds. The van der Waals surface area contributed by atoms with E-state index in [9.17, 15) is 19.5 Å². The molecule has 1 aliphatic rings. The number of rotatable bonds is 6. The number of carbonyl (C=O) groups is 3. The van der Waals surface area contributed by atoms with E-state index >= 15 is 0 Å². The predicted octanol–water partition coefficient (Wildman–Crippen LogP) is 1.83. The molecule has 0 spiro atoms. The highest BCUT2D eigenvalue weighted by molar-refractivity contribution is 7.10. The average Bonchev–Trinajstić information content (AvgIpc) is 3.08. The summed E-state index contributed by atoms with van der Waals surface area (Å²) in [7, 11) is 0. The average molecular weight is 324 g/mol. The van der Waals surface area contributed by atoms with Crippen molar-refractivity contribution in [3.8, 4) is 0 Å². The van der Waals surface area contributed by atoms with Crippen LogP contribution < -0.4 is 10.6 Å². The minimum atomic E-state index is -1.15. The molecule has 0 aliphatic heterocycles. The Balaban J connectivity index is 2.04. The molecule has 0 bridgehead atoms. The maximum Gasteiger partial charge on any atom is 0.329 e. The van der Waals surface area contributed by atoms with Gasteiger partial charge in [-0.1, -0.05) is 18.9 Å². The summed E-state index contributed by atoms with van der Waals surface area (Å²) in [6.07, 6.45) is 2.55. The van der Waals surface area contributed by atoms with Crippen molar-refractivity contribution in [3.05, 3.63) is 22.4 Å². The maximum absolute atomic E-state index is 12.3. The maximum atomic E-state index is 12.3. The number of amides is 2. The van der Waals surface area contributed by atoms with Gasteiger partial charge in [-0.25, -0.2) is 4.79 Å². The van der Waals surface area contributed by atoms with E-state index in [4.69, 9.17) is 0 Å². The monoisotopic (exact) mass is 324 g/mol. The smallest absolute Gasteiger partial charge is 0.329 e. The zero-order valence-electron chi connectivity index (χ0n) is 12.4. The van der Waals surface area contributed by atoms with Gasteiger partial charge in [0.2, 0.25) is 11.8 Å². The quantitative estimate of drug-likeness (QED) is 0.744. The van der Waals surface area contributed by atoms with Crippen molar-refractivity contribution in [2.24, 2.45) is 0 Å². The summed E-state index contributed by atoms with van der Waals surface area (Å²) in [5.74, 6) is -1.55. The summed E-state index contributed by atoms with van der Waals surface area (Å²) in [6.45, 7) is 1.40. The van der Waals surface area contributed by atoms with Crippen LogP contribution in [0.5, 0.6) is 0 Å². The molecular weight excluding hydrogens is 304 g/mol. The third-order valence-electron chi connectivity index (χ3n) is 3.90. The summed E-state index contributed by atoms with van der Waals surface area (Å²) in [4.78, 5) is 35.9. The van der Waals surface area contributed by atoms with Gasteiger partial charge in [-0.3, -0.25) is 9.59 Å². The predicted molar refractivity (Wildman–Crippen MR) is 82.5 cm³/mol. The van der Waals surface area contributed by atoms with E-state index in [1.807, 2.05) is 17.5 Å². The van der Waals surface area contributed by atoms with Crippen LogP contribution in [0, 0.1) is 0 Å². The number of thiophene rings is 1. The number of aliphatic carboxylic acids is 1. The van der Waals surface area contributed by atoms with Crippen LogP contribution in [0.2, 0.25) is 0 Å². The third-order valence-corrected chi connectivity index (χ3v) is 4.88. The first kappa shape index (κ1) is 16.5. The lowest BCUT2D eigenvalue weighted by Crippen LogP contribution is -2.53. The third kappa shape index (κ3) is 3.85. The van der Waals surface area contributed by atoms with E-state index in [2.05, 4.69) is 10.6 Å². The lowest BCUT2D eigenvalue weighted by atomic mass is 9.97. The van der Waals surface area contributed by atoms with Gasteiger partial charge in [0.25, 0.3) is 0 Å². The van der Waals surface area contributed by atoms with Crippen LogP contribution in [0.15, 0.2) is 17.5 Å². The van der Waals surface area contributed by atoms with Gasteiger partial charge in [-0.2, -0.15) is 0 Å². The first-order valence-electron chi connectivity index (χ1n) is 7.28. The molecule has 1 aromatic heterocycles. The van der Waals surface area contributed by atoms with Crippen molar-refractivity contribution in [1.82, 2.24) is 10.6 Å². The molecule has 3 N–H and O–H groups in total. The number of hydrogen-bond donors (Lipinski definition) is 3. The molecule has 22 heavy (non-hydrogen) atoms. The van der Waals surface area contributed by atoms with Crippen molar-refractivity contribution >= 4 is 29.1 Å². The van der Waals surface area contributed by atoms with Gasteiger partial charge in [0.1, 0.15) is 5.54 Å². The molecule has 0 saturated heterocycles. The van der Waals surface area contributed by atoms with Crippen molar-refractivity contribution < 1.29 is 19.5 Å². The Hall–Kier alpha value is -1.89. The fraction of sp³-hybridized carbons (Fsp3) is 0.533. The van der Waals surface area contributed by atoms with E-state index < -0.39 is 17.6 Å². The van der Waals surface area contributed by atoms with Crippen molar-refractivity contribution in [3.63, 3.8) is 0 Å². The summed E-state index contributed by atoms with van der Waals surface area (Å²) in [5, 5.41) is 16.7. The Morgan fingerprint density at radius 3 is 2.55 bits per heavy atom. The molecule has 1 unspecified atom stereocenters. The van der Waals surface area contributed by atoms with Crippen molar-refractivity contribution in [2.45, 2.75) is 50.6 Å². The molecule has 1 saturated carbocycles. The normalized spacial score (nSPS) is 17.7. The number of carboxylic acid groups (broad SMARTS) is 1. The summed E-state index contributed by atoms with van der Waals surface area (Å²) in [6, 6.07) is 3.27. The van der Waals surface area contributed by atoms with Crippen LogP contribution in [0.4, 0.5) is 0 Å². The van der Waals surface area contributed by atoms with Gasteiger partial charge >= 0.3 is 5.97 Å². The summed E-state index contributed by atoms with van der Waals surface area (Å²) in [5.41, 5.74) is -1.15. The van der Waals surface area contributed by atoms with Gasteiger partial charge in [0.05, 0.1) is 12.5 Å². The molecule has 2 rings (SSSR count). The Morgan fingerprint density at radius 2 is 2.05 bits per heavy atom. The Kier molecular flexibility index (Phi) is 5.18. The Bertz CT molecular complexity index is 550. The highest BCUT2D eigenvalue weighted by Crippen LogP contribution is 2.30. The molecule has 120 valence electrons. The number of carbonyl (C=O) groups excluding carboxylic acids is 2. The van der Waals surface area contributed by atoms with Gasteiger partial charge in [-0.05, 0) is 24.3 Å². The molecular formula is C15H20N2O4S. The number of carboxylic acids is 1. The van der Waals surface area contributed by atoms with Crippen LogP contribution in [0.3, 0.4) is 0 Å². The minimum absolute atomic E-state index is 0.0368. The molecule has 7 heteroatoms. The number of hydrogen-bond acceptors (Lipinski definition) is 4. The molecule has 1 fully saturated rings. The lowest BCUT2D eigenvalue weighted by Gasteiger charge is -2.26. The molecule has 1 heterocycles. The molecule has 0 radical (unpaired) electrons. The van der Waals surface area contributed by atoms with Crippen molar-refractivity contribution in [1.29, 1.82) is 0 Å². The van der Waals surface area contributed by atoms with Crippen LogP contribution in [0.25, 0.3) is 0 Å². The molecule has 6 nitrogen and oxygen atoms in total. The van der Waals surface area contributed by atoms with E-state index in [0.29, 0.717) is 12.8 Å². The van der Waals surface area contributed by atoms with E-state index in [1.54, 1.807) is 0 Å². The first-order valence-corrected chi connectivity index (χ1v) is 8.16. The molecule has 0 aromatic carbocycles. The fourth-order valence-electron chi connectivity index (χ4n) is 2.83. The highest BCUT2D eigenvalue weighted by atomic mass is 32.1. The first-order chi connectivity index (χ1) is 10.4. The Labute approximate surface area is 132 Å². The second-order valence-electron chi connectivity index (χ2n) is 5.62. The second-order valence-corrected chi connectivity index (χ2v) is 6.59. The lowest BCUT2D eigenvalue weighted by molar-refractivity contribution is -0.147. The zero-order chi connectivity index (χ0) is 16.2. The molecule has 1 aromatic rings. The van der Waals surface area contributed by atoms with Crippen LogP contribution in [-0.2, 0) is 14.4 Å². The highest BCUT2D eigenvalue weighted by Gasteiger charge is 2.42. The van der Waals surface area contributed by atoms with Gasteiger partial charge in [-0.15, -0.1) is 11.3 Å². The number of nitrogens with one attached hydrogen (secondary N) is 2. The largest absolute Gasteiger partial charge is 0.480 e. The van der Waals surface area contributed by atoms with E-state index in [1.165, 1.54) is 18.3 Å². The fourth-order valence-corrected chi connectivity index (χ4v) is 3.61. The zero-order valence-corrected chi connectivity index (χ0v) is 13.2. The second kappa shape index (κ2) is 6.91. The van der Waals surface area contributed by atoms with Crippen LogP contribution in [-0.4, -0.2) is 28.4 Å². The summed E-state index contributed by atoms with van der Waals surface area (Å²) < 4.78 is 0. The van der Waals surface area contributed by atoms with E-state index in [0.717, 1.165) is 17.7 Å².